The monoisotopic (exact) mass is 303 g/mol. The second-order valence-corrected chi connectivity index (χ2v) is 6.51. The van der Waals surface area contributed by atoms with Crippen molar-refractivity contribution in [3.05, 3.63) is 29.1 Å². The van der Waals surface area contributed by atoms with Gasteiger partial charge in [-0.2, -0.15) is 0 Å². The van der Waals surface area contributed by atoms with Crippen molar-refractivity contribution in [3.63, 3.8) is 0 Å². The third-order valence-electron chi connectivity index (χ3n) is 3.99. The maximum Gasteiger partial charge on any atom is 0.263 e. The lowest BCUT2D eigenvalue weighted by atomic mass is 10.2. The van der Waals surface area contributed by atoms with Gasteiger partial charge in [0.2, 0.25) is 0 Å². The zero-order valence-electron chi connectivity index (χ0n) is 12.3. The topological polar surface area (TPSA) is 58.4 Å². The number of amides is 1. The summed E-state index contributed by atoms with van der Waals surface area (Å²) >= 11 is 1.46. The quantitative estimate of drug-likeness (QED) is 0.862. The second kappa shape index (κ2) is 6.03. The average Bonchev–Trinajstić information content (AvgIpc) is 3.28. The molecule has 1 heterocycles. The summed E-state index contributed by atoms with van der Waals surface area (Å²) in [7, 11) is 0. The van der Waals surface area contributed by atoms with Crippen LogP contribution in [0.1, 0.15) is 29.4 Å². The Morgan fingerprint density at radius 2 is 2.19 bits per heavy atom. The van der Waals surface area contributed by atoms with Gasteiger partial charge >= 0.3 is 0 Å². The summed E-state index contributed by atoms with van der Waals surface area (Å²) in [6, 6.07) is 8.61. The number of nitrogen functional groups attached to an aromatic ring is 1. The van der Waals surface area contributed by atoms with Crippen LogP contribution in [-0.4, -0.2) is 36.5 Å². The predicted molar refractivity (Wildman–Crippen MR) is 88.8 cm³/mol. The predicted octanol–water partition coefficient (Wildman–Crippen LogP) is 2.70. The van der Waals surface area contributed by atoms with E-state index in [9.17, 15) is 4.79 Å². The van der Waals surface area contributed by atoms with Crippen LogP contribution in [0.4, 0.5) is 5.69 Å². The number of nitrogens with two attached hydrogens (primary N) is 1. The molecule has 0 spiro atoms. The van der Waals surface area contributed by atoms with Gasteiger partial charge in [0.05, 0.1) is 5.69 Å². The van der Waals surface area contributed by atoms with Crippen molar-refractivity contribution in [2.24, 2.45) is 0 Å². The molecule has 1 saturated carbocycles. The van der Waals surface area contributed by atoms with Crippen molar-refractivity contribution in [2.45, 2.75) is 25.8 Å². The molecule has 21 heavy (non-hydrogen) atoms. The van der Waals surface area contributed by atoms with Gasteiger partial charge in [0.1, 0.15) is 4.88 Å². The molecular formula is C16H21N3OS. The van der Waals surface area contributed by atoms with E-state index in [0.717, 1.165) is 29.2 Å². The van der Waals surface area contributed by atoms with E-state index in [4.69, 9.17) is 5.73 Å². The number of rotatable bonds is 6. The SMILES string of the molecule is CCN(CCNC(=O)c1sc2ccccc2c1N)C1CC1. The molecule has 0 radical (unpaired) electrons. The smallest absolute Gasteiger partial charge is 0.263 e. The van der Waals surface area contributed by atoms with Gasteiger partial charge in [-0.25, -0.2) is 0 Å². The maximum atomic E-state index is 12.3. The summed E-state index contributed by atoms with van der Waals surface area (Å²) in [5, 5.41) is 3.97. The van der Waals surface area contributed by atoms with Gasteiger partial charge in [0.15, 0.2) is 0 Å². The summed E-state index contributed by atoms with van der Waals surface area (Å²) in [6.45, 7) is 4.81. The van der Waals surface area contributed by atoms with Crippen molar-refractivity contribution in [2.75, 3.05) is 25.4 Å². The molecule has 4 nitrogen and oxygen atoms in total. The van der Waals surface area contributed by atoms with Crippen LogP contribution in [0.15, 0.2) is 24.3 Å². The number of hydrogen-bond donors (Lipinski definition) is 2. The highest BCUT2D eigenvalue weighted by atomic mass is 32.1. The van der Waals surface area contributed by atoms with Gasteiger partial charge in [-0.15, -0.1) is 11.3 Å². The Bertz CT molecular complexity index is 648. The van der Waals surface area contributed by atoms with Crippen molar-refractivity contribution < 1.29 is 4.79 Å². The highest BCUT2D eigenvalue weighted by Crippen LogP contribution is 2.33. The van der Waals surface area contributed by atoms with Crippen molar-refractivity contribution in [1.82, 2.24) is 10.2 Å². The molecule has 0 aliphatic heterocycles. The van der Waals surface area contributed by atoms with Crippen molar-refractivity contribution in [1.29, 1.82) is 0 Å². The van der Waals surface area contributed by atoms with E-state index in [1.807, 2.05) is 24.3 Å². The number of fused-ring (bicyclic) bond motifs is 1. The minimum Gasteiger partial charge on any atom is -0.397 e. The number of carbonyl (C=O) groups is 1. The lowest BCUT2D eigenvalue weighted by Gasteiger charge is -2.19. The van der Waals surface area contributed by atoms with E-state index >= 15 is 0 Å². The van der Waals surface area contributed by atoms with Crippen LogP contribution < -0.4 is 11.1 Å². The Morgan fingerprint density at radius 3 is 2.86 bits per heavy atom. The van der Waals surface area contributed by atoms with Crippen LogP contribution in [0.25, 0.3) is 10.1 Å². The number of likely N-dealkylation sites (N-methyl/N-ethyl adjacent to an activating group) is 1. The van der Waals surface area contributed by atoms with Gasteiger partial charge < -0.3 is 11.1 Å². The Balaban J connectivity index is 1.62. The number of nitrogens with zero attached hydrogens (tertiary/aromatic N) is 1. The molecule has 5 heteroatoms. The molecule has 112 valence electrons. The lowest BCUT2D eigenvalue weighted by Crippen LogP contribution is -2.36. The molecule has 2 aromatic rings. The van der Waals surface area contributed by atoms with Crippen LogP contribution >= 0.6 is 11.3 Å². The van der Waals surface area contributed by atoms with Gasteiger partial charge in [-0.05, 0) is 25.5 Å². The van der Waals surface area contributed by atoms with Gasteiger partial charge in [0, 0.05) is 29.2 Å². The third-order valence-corrected chi connectivity index (χ3v) is 5.18. The Kier molecular flexibility index (Phi) is 4.12. The zero-order valence-corrected chi connectivity index (χ0v) is 13.1. The summed E-state index contributed by atoms with van der Waals surface area (Å²) in [6.07, 6.45) is 2.59. The molecule has 1 amide bonds. The molecule has 1 aliphatic carbocycles. The van der Waals surface area contributed by atoms with E-state index in [1.165, 1.54) is 24.2 Å². The van der Waals surface area contributed by atoms with E-state index in [1.54, 1.807) is 0 Å². The van der Waals surface area contributed by atoms with Crippen LogP contribution in [-0.2, 0) is 0 Å². The first kappa shape index (κ1) is 14.4. The van der Waals surface area contributed by atoms with Gasteiger partial charge in [-0.3, -0.25) is 9.69 Å². The highest BCUT2D eigenvalue weighted by Gasteiger charge is 2.27. The third kappa shape index (κ3) is 3.04. The maximum absolute atomic E-state index is 12.3. The molecule has 1 fully saturated rings. The number of thiophene rings is 1. The molecular weight excluding hydrogens is 282 g/mol. The van der Waals surface area contributed by atoms with Crippen LogP contribution in [0, 0.1) is 0 Å². The normalized spacial score (nSPS) is 14.8. The summed E-state index contributed by atoms with van der Waals surface area (Å²) in [4.78, 5) is 15.3. The van der Waals surface area contributed by atoms with Gasteiger partial charge in [-0.1, -0.05) is 25.1 Å². The van der Waals surface area contributed by atoms with E-state index in [-0.39, 0.29) is 5.91 Å². The highest BCUT2D eigenvalue weighted by molar-refractivity contribution is 7.21. The number of carbonyl (C=O) groups excluding carboxylic acids is 1. The average molecular weight is 303 g/mol. The standard InChI is InChI=1S/C16H21N3OS/c1-2-19(11-7-8-11)10-9-18-16(20)15-14(17)12-5-3-4-6-13(12)21-15/h3-6,11H,2,7-10,17H2,1H3,(H,18,20). The van der Waals surface area contributed by atoms with E-state index in [2.05, 4.69) is 17.1 Å². The molecule has 0 bridgehead atoms. The lowest BCUT2D eigenvalue weighted by molar-refractivity contribution is 0.0953. The first-order valence-corrected chi connectivity index (χ1v) is 8.31. The first-order valence-electron chi connectivity index (χ1n) is 7.50. The summed E-state index contributed by atoms with van der Waals surface area (Å²) in [5.41, 5.74) is 6.69. The molecule has 0 saturated heterocycles. The molecule has 1 aromatic heterocycles. The molecule has 0 unspecified atom stereocenters. The minimum absolute atomic E-state index is 0.0550. The second-order valence-electron chi connectivity index (χ2n) is 5.46. The molecule has 3 N–H and O–H groups in total. The summed E-state index contributed by atoms with van der Waals surface area (Å²) < 4.78 is 1.06. The number of benzene rings is 1. The molecule has 0 atom stereocenters. The zero-order chi connectivity index (χ0) is 14.8. The Labute approximate surface area is 128 Å². The van der Waals surface area contributed by atoms with Crippen LogP contribution in [0.5, 0.6) is 0 Å². The fourth-order valence-corrected chi connectivity index (χ4v) is 3.71. The first-order chi connectivity index (χ1) is 10.2. The number of hydrogen-bond acceptors (Lipinski definition) is 4. The van der Waals surface area contributed by atoms with Crippen molar-refractivity contribution >= 4 is 33.0 Å². The molecule has 1 aromatic carbocycles. The Morgan fingerprint density at radius 1 is 1.43 bits per heavy atom. The molecule has 1 aliphatic rings. The number of anilines is 1. The van der Waals surface area contributed by atoms with Crippen molar-refractivity contribution in [3.8, 4) is 0 Å². The Hall–Kier alpha value is -1.59. The molecule has 3 rings (SSSR count). The minimum atomic E-state index is -0.0550. The fourth-order valence-electron chi connectivity index (χ4n) is 2.67. The van der Waals surface area contributed by atoms with Crippen LogP contribution in [0.2, 0.25) is 0 Å². The number of nitrogens with one attached hydrogen (secondary N) is 1. The van der Waals surface area contributed by atoms with E-state index in [0.29, 0.717) is 17.1 Å². The summed E-state index contributed by atoms with van der Waals surface area (Å²) in [5.74, 6) is -0.0550. The van der Waals surface area contributed by atoms with Gasteiger partial charge in [0.25, 0.3) is 5.91 Å². The largest absolute Gasteiger partial charge is 0.397 e. The van der Waals surface area contributed by atoms with E-state index < -0.39 is 0 Å². The fraction of sp³-hybridized carbons (Fsp3) is 0.438. The van der Waals surface area contributed by atoms with Crippen LogP contribution in [0.3, 0.4) is 0 Å².